The van der Waals surface area contributed by atoms with Crippen molar-refractivity contribution in [1.82, 2.24) is 19.5 Å². The van der Waals surface area contributed by atoms with Crippen LogP contribution in [0.4, 0.5) is 5.95 Å². The molecule has 0 bridgehead atoms. The van der Waals surface area contributed by atoms with E-state index in [1.807, 2.05) is 0 Å². The SMILES string of the molecule is Nc1nc2c(ncn2[C@@H]2O[C@H](COP(=O)([O-])P(=O)([O-])P(=O)([O-])O)[C@H](O)C2O)c(=O)[nH]1.[Na+].[Na+].[Na+]. The Kier molecular flexibility index (Phi) is 12.9. The number of hydrogen-bond donors (Lipinski definition) is 5. The van der Waals surface area contributed by atoms with E-state index in [0.29, 0.717) is 0 Å². The second kappa shape index (κ2) is 12.4. The molecule has 0 radical (unpaired) electrons. The van der Waals surface area contributed by atoms with Gasteiger partial charge in [0.25, 0.3) is 5.56 Å². The zero-order valence-corrected chi connectivity index (χ0v) is 26.1. The average molecular weight is 557 g/mol. The number of aliphatic hydroxyl groups is 2. The summed E-state index contributed by atoms with van der Waals surface area (Å²) in [4.78, 5) is 63.9. The molecule has 4 unspecified atom stereocenters. The quantitative estimate of drug-likeness (QED) is 0.163. The summed E-state index contributed by atoms with van der Waals surface area (Å²) in [6, 6.07) is 0. The molecule has 0 aliphatic carbocycles. The fraction of sp³-hybridized carbons (Fsp3) is 0.500. The van der Waals surface area contributed by atoms with Gasteiger partial charge in [-0.1, -0.05) is 0 Å². The molecule has 0 amide bonds. The summed E-state index contributed by atoms with van der Waals surface area (Å²) in [6.45, 7) is -7.70. The van der Waals surface area contributed by atoms with Gasteiger partial charge in [0.15, 0.2) is 38.7 Å². The molecule has 1 saturated heterocycles. The first-order valence-electron chi connectivity index (χ1n) is 7.72. The van der Waals surface area contributed by atoms with E-state index in [1.54, 1.807) is 0 Å². The van der Waals surface area contributed by atoms with Gasteiger partial charge in [0, 0.05) is 0 Å². The molecule has 3 rings (SSSR count). The Hall–Kier alpha value is 1.52. The molecule has 1 aliphatic heterocycles. The van der Waals surface area contributed by atoms with Crippen LogP contribution in [0.5, 0.6) is 0 Å². The first-order valence-corrected chi connectivity index (χ1v) is 13.9. The first kappa shape index (κ1) is 34.5. The van der Waals surface area contributed by atoms with E-state index < -0.39 is 58.0 Å². The van der Waals surface area contributed by atoms with Crippen molar-refractivity contribution in [1.29, 1.82) is 0 Å². The number of nitrogens with one attached hydrogen (secondary N) is 1. The molecule has 23 heteroatoms. The van der Waals surface area contributed by atoms with Crippen molar-refractivity contribution in [3.63, 3.8) is 0 Å². The third kappa shape index (κ3) is 6.70. The molecule has 7 atom stereocenters. The average Bonchev–Trinajstić information content (AvgIpc) is 3.14. The number of nitrogen functional groups attached to an aromatic ring is 1. The van der Waals surface area contributed by atoms with E-state index in [0.717, 1.165) is 10.9 Å². The van der Waals surface area contributed by atoms with Gasteiger partial charge >= 0.3 is 88.7 Å². The van der Waals surface area contributed by atoms with Crippen LogP contribution >= 0.6 is 21.3 Å². The summed E-state index contributed by atoms with van der Waals surface area (Å²) in [5.74, 6) is -0.299. The normalized spacial score (nSPS) is 27.8. The van der Waals surface area contributed by atoms with E-state index in [2.05, 4.69) is 19.5 Å². The largest absolute Gasteiger partial charge is 1.00 e. The molecule has 33 heavy (non-hydrogen) atoms. The van der Waals surface area contributed by atoms with Crippen LogP contribution in [-0.4, -0.2) is 59.5 Å². The van der Waals surface area contributed by atoms with Crippen LogP contribution < -0.4 is 115 Å². The molecule has 1 aliphatic rings. The second-order valence-electron chi connectivity index (χ2n) is 6.07. The van der Waals surface area contributed by atoms with Crippen molar-refractivity contribution in [2.24, 2.45) is 0 Å². The van der Waals surface area contributed by atoms with Crippen LogP contribution in [0.15, 0.2) is 11.1 Å². The standard InChI is InChI=1S/C10H16N5O12P3.3Na/c11-10-13-7-4(8(18)14-10)12-2-15(7)9-6(17)5(16)3(27-9)1-26-29(22,23)30(24,25)28(19,20)21;;;/h2-3,5-6,9,16-17H,1H2,(H,22,23)(H,24,25)(H2,19,20,21)(H3,11,13,14,18);;;/q;3*+1/p-3/t3-,5+,6?,9-;;;/m1.../s1. The van der Waals surface area contributed by atoms with Gasteiger partial charge in [-0.05, 0) is 0 Å². The molecule has 3 heterocycles. The zero-order chi connectivity index (χ0) is 22.6. The number of rotatable bonds is 6. The Morgan fingerprint density at radius 3 is 2.30 bits per heavy atom. The molecular weight excluding hydrogens is 544 g/mol. The van der Waals surface area contributed by atoms with E-state index >= 15 is 0 Å². The predicted molar refractivity (Wildman–Crippen MR) is 89.5 cm³/mol. The van der Waals surface area contributed by atoms with Crippen LogP contribution in [0, 0.1) is 0 Å². The van der Waals surface area contributed by atoms with Crippen LogP contribution in [0.3, 0.4) is 0 Å². The monoisotopic (exact) mass is 557 g/mol. The first-order chi connectivity index (χ1) is 13.7. The van der Waals surface area contributed by atoms with E-state index in [9.17, 15) is 43.4 Å². The minimum absolute atomic E-state index is 0. The maximum absolute atomic E-state index is 11.8. The Morgan fingerprint density at radius 2 is 1.76 bits per heavy atom. The molecule has 0 saturated carbocycles. The molecular formula is C10H13N5Na3O12P3. The number of anilines is 1. The number of aliphatic hydroxyl groups excluding tert-OH is 2. The van der Waals surface area contributed by atoms with Crippen molar-refractivity contribution >= 4 is 38.4 Å². The van der Waals surface area contributed by atoms with Gasteiger partial charge in [0.05, 0.1) is 12.9 Å². The summed E-state index contributed by atoms with van der Waals surface area (Å²) in [7, 11) is -12.5. The van der Waals surface area contributed by atoms with Gasteiger partial charge in [-0.15, -0.1) is 0 Å². The summed E-state index contributed by atoms with van der Waals surface area (Å²) in [5.41, 5.74) is 4.38. The van der Waals surface area contributed by atoms with Gasteiger partial charge in [0.1, 0.15) is 18.3 Å². The molecule has 6 N–H and O–H groups in total. The fourth-order valence-electron chi connectivity index (χ4n) is 2.61. The number of ether oxygens (including phenoxy) is 1. The zero-order valence-electron chi connectivity index (χ0n) is 17.4. The van der Waals surface area contributed by atoms with Crippen molar-refractivity contribution < 1.29 is 141 Å². The Morgan fingerprint density at radius 1 is 1.18 bits per heavy atom. The summed E-state index contributed by atoms with van der Waals surface area (Å²) < 4.78 is 44.1. The topological polar surface area (TPSA) is 289 Å². The van der Waals surface area contributed by atoms with Crippen LogP contribution in [0.25, 0.3) is 11.2 Å². The van der Waals surface area contributed by atoms with Gasteiger partial charge in [-0.3, -0.25) is 14.3 Å². The smallest absolute Gasteiger partial charge is 0.787 e. The number of hydrogen-bond acceptors (Lipinski definition) is 14. The summed E-state index contributed by atoms with van der Waals surface area (Å²) in [5, 5.41) is 20.3. The maximum atomic E-state index is 11.8. The molecule has 0 spiro atoms. The number of H-pyrrole nitrogens is 1. The molecule has 0 aromatic carbocycles. The predicted octanol–water partition coefficient (Wildman–Crippen LogP) is -13.1. The second-order valence-corrected chi connectivity index (χ2v) is 16.3. The van der Waals surface area contributed by atoms with E-state index in [-0.39, 0.29) is 106 Å². The number of nitrogens with two attached hydrogens (primary N) is 1. The Labute approximate surface area is 250 Å². The van der Waals surface area contributed by atoms with Crippen LogP contribution in [0.1, 0.15) is 6.23 Å². The van der Waals surface area contributed by atoms with Gasteiger partial charge < -0.3 is 58.5 Å². The van der Waals surface area contributed by atoms with Crippen molar-refractivity contribution in [2.75, 3.05) is 12.3 Å². The molecule has 1 fully saturated rings. The third-order valence-corrected chi connectivity index (χ3v) is 14.0. The number of nitrogens with zero attached hydrogens (tertiary/aromatic N) is 3. The van der Waals surface area contributed by atoms with Crippen molar-refractivity contribution in [3.8, 4) is 0 Å². The Balaban J connectivity index is 0.00000341. The van der Waals surface area contributed by atoms with E-state index in [1.165, 1.54) is 0 Å². The third-order valence-electron chi connectivity index (χ3n) is 4.09. The van der Waals surface area contributed by atoms with E-state index in [4.69, 9.17) is 15.4 Å². The minimum Gasteiger partial charge on any atom is -0.787 e. The molecule has 168 valence electrons. The Bertz CT molecular complexity index is 1190. The summed E-state index contributed by atoms with van der Waals surface area (Å²) >= 11 is 0. The molecule has 2 aromatic rings. The number of aromatic nitrogens is 4. The fourth-order valence-corrected chi connectivity index (χ4v) is 7.79. The molecule has 17 nitrogen and oxygen atoms in total. The minimum atomic E-state index is -6.47. The van der Waals surface area contributed by atoms with Crippen LogP contribution in [-0.2, 0) is 23.0 Å². The maximum Gasteiger partial charge on any atom is 1.00 e. The van der Waals surface area contributed by atoms with Gasteiger partial charge in [-0.2, -0.15) is 4.98 Å². The van der Waals surface area contributed by atoms with Gasteiger partial charge in [0.2, 0.25) is 5.95 Å². The number of fused-ring (bicyclic) bond motifs is 1. The number of imidazole rings is 1. The molecule has 2 aromatic heterocycles. The van der Waals surface area contributed by atoms with Gasteiger partial charge in [-0.25, -0.2) is 4.98 Å². The number of aromatic amines is 1. The van der Waals surface area contributed by atoms with Crippen molar-refractivity contribution in [2.45, 2.75) is 24.5 Å². The van der Waals surface area contributed by atoms with Crippen LogP contribution in [0.2, 0.25) is 0 Å². The van der Waals surface area contributed by atoms with Crippen molar-refractivity contribution in [3.05, 3.63) is 16.7 Å². The summed E-state index contributed by atoms with van der Waals surface area (Å²) in [6.07, 6.45) is -5.74.